The maximum Gasteiger partial charge on any atom is 0.225 e. The van der Waals surface area contributed by atoms with Crippen LogP contribution >= 0.6 is 11.3 Å². The van der Waals surface area contributed by atoms with E-state index in [1.54, 1.807) is 29.5 Å². The highest BCUT2D eigenvalue weighted by molar-refractivity contribution is 7.18. The van der Waals surface area contributed by atoms with Crippen LogP contribution in [0, 0.1) is 5.82 Å². The summed E-state index contributed by atoms with van der Waals surface area (Å²) in [6, 6.07) is 14.4. The summed E-state index contributed by atoms with van der Waals surface area (Å²) in [5.74, 6) is 0.275. The van der Waals surface area contributed by atoms with Gasteiger partial charge >= 0.3 is 0 Å². The van der Waals surface area contributed by atoms with Gasteiger partial charge in [-0.3, -0.25) is 4.79 Å². The predicted octanol–water partition coefficient (Wildman–Crippen LogP) is 4.61. The Morgan fingerprint density at radius 3 is 2.67 bits per heavy atom. The third-order valence-electron chi connectivity index (χ3n) is 4.92. The van der Waals surface area contributed by atoms with Crippen LogP contribution in [0.3, 0.4) is 0 Å². The number of likely N-dealkylation sites (tertiary alicyclic amines) is 1. The first kappa shape index (κ1) is 17.9. The second kappa shape index (κ2) is 8.05. The number of thiazole rings is 1. The summed E-state index contributed by atoms with van der Waals surface area (Å²) in [6.07, 6.45) is 2.12. The van der Waals surface area contributed by atoms with Crippen LogP contribution in [0.25, 0.3) is 10.2 Å². The van der Waals surface area contributed by atoms with E-state index < -0.39 is 5.82 Å². The first-order chi connectivity index (χ1) is 13.2. The van der Waals surface area contributed by atoms with Gasteiger partial charge in [0.1, 0.15) is 0 Å². The van der Waals surface area contributed by atoms with Crippen LogP contribution in [-0.2, 0) is 4.79 Å². The summed E-state index contributed by atoms with van der Waals surface area (Å²) < 4.78 is 20.1. The maximum absolute atomic E-state index is 13.5. The minimum absolute atomic E-state index is 0.0640. The molecule has 1 aliphatic rings. The number of aromatic nitrogens is 1. The van der Waals surface area contributed by atoms with E-state index in [9.17, 15) is 9.18 Å². The van der Waals surface area contributed by atoms with Crippen LogP contribution in [0.4, 0.5) is 4.39 Å². The van der Waals surface area contributed by atoms with Crippen LogP contribution in [0.15, 0.2) is 48.5 Å². The Bertz CT molecular complexity index is 902. The molecular weight excluding hydrogens is 363 g/mol. The molecule has 0 bridgehead atoms. The number of halogens is 1. The van der Waals surface area contributed by atoms with Crippen molar-refractivity contribution < 1.29 is 13.9 Å². The lowest BCUT2D eigenvalue weighted by Gasteiger charge is -2.31. The number of piperidine rings is 1. The quantitative estimate of drug-likeness (QED) is 0.645. The molecule has 1 fully saturated rings. The van der Waals surface area contributed by atoms with Gasteiger partial charge in [-0.15, -0.1) is 11.3 Å². The molecule has 3 aromatic rings. The predicted molar refractivity (Wildman–Crippen MR) is 105 cm³/mol. The van der Waals surface area contributed by atoms with Crippen molar-refractivity contribution in [2.24, 2.45) is 0 Å². The number of ether oxygens (including phenoxy) is 1. The molecule has 0 radical (unpaired) electrons. The maximum atomic E-state index is 13.5. The number of rotatable bonds is 5. The van der Waals surface area contributed by atoms with Gasteiger partial charge in [-0.2, -0.15) is 0 Å². The highest BCUT2D eigenvalue weighted by atomic mass is 32.1. The highest BCUT2D eigenvalue weighted by Crippen LogP contribution is 2.33. The lowest BCUT2D eigenvalue weighted by molar-refractivity contribution is -0.132. The molecule has 1 saturated heterocycles. The molecule has 2 heterocycles. The molecule has 1 aromatic heterocycles. The molecule has 0 N–H and O–H groups in total. The Hall–Kier alpha value is -2.47. The molecular formula is C21H21FN2O2S. The SMILES string of the molecule is O=C(CCOc1ccccc1F)N1CCC(c2nc3ccccc3s2)CC1. The van der Waals surface area contributed by atoms with Gasteiger partial charge in [0.25, 0.3) is 0 Å². The van der Waals surface area contributed by atoms with Gasteiger partial charge in [0, 0.05) is 19.0 Å². The Labute approximate surface area is 161 Å². The third kappa shape index (κ3) is 4.11. The summed E-state index contributed by atoms with van der Waals surface area (Å²) in [7, 11) is 0. The third-order valence-corrected chi connectivity index (χ3v) is 6.12. The highest BCUT2D eigenvalue weighted by Gasteiger charge is 2.25. The number of hydrogen-bond acceptors (Lipinski definition) is 4. The fourth-order valence-corrected chi connectivity index (χ4v) is 4.55. The number of para-hydroxylation sites is 2. The molecule has 0 saturated carbocycles. The molecule has 2 aromatic carbocycles. The van der Waals surface area contributed by atoms with E-state index in [1.807, 2.05) is 23.1 Å². The van der Waals surface area contributed by atoms with E-state index in [0.29, 0.717) is 5.92 Å². The largest absolute Gasteiger partial charge is 0.490 e. The first-order valence-electron chi connectivity index (χ1n) is 9.21. The average Bonchev–Trinajstić information content (AvgIpc) is 3.14. The molecule has 0 aliphatic carbocycles. The van der Waals surface area contributed by atoms with Crippen LogP contribution in [-0.4, -0.2) is 35.5 Å². The van der Waals surface area contributed by atoms with E-state index in [2.05, 4.69) is 6.07 Å². The van der Waals surface area contributed by atoms with Gasteiger partial charge in [-0.05, 0) is 37.1 Å². The van der Waals surface area contributed by atoms with Crippen molar-refractivity contribution in [2.75, 3.05) is 19.7 Å². The van der Waals surface area contributed by atoms with Crippen molar-refractivity contribution in [3.8, 4) is 5.75 Å². The molecule has 0 spiro atoms. The summed E-state index contributed by atoms with van der Waals surface area (Å²) in [5.41, 5.74) is 1.06. The topological polar surface area (TPSA) is 42.4 Å². The Morgan fingerprint density at radius 2 is 1.89 bits per heavy atom. The number of carbonyl (C=O) groups is 1. The molecule has 0 unspecified atom stereocenters. The van der Waals surface area contributed by atoms with Crippen molar-refractivity contribution >= 4 is 27.5 Å². The van der Waals surface area contributed by atoms with Crippen LogP contribution in [0.2, 0.25) is 0 Å². The lowest BCUT2D eigenvalue weighted by atomic mass is 9.97. The number of fused-ring (bicyclic) bond motifs is 1. The molecule has 0 atom stereocenters. The smallest absolute Gasteiger partial charge is 0.225 e. The monoisotopic (exact) mass is 384 g/mol. The number of carbonyl (C=O) groups excluding carboxylic acids is 1. The molecule has 6 heteroatoms. The van der Waals surface area contributed by atoms with E-state index in [1.165, 1.54) is 15.8 Å². The zero-order valence-electron chi connectivity index (χ0n) is 14.9. The molecule has 4 nitrogen and oxygen atoms in total. The van der Waals surface area contributed by atoms with Gasteiger partial charge < -0.3 is 9.64 Å². The van der Waals surface area contributed by atoms with Crippen LogP contribution in [0.1, 0.15) is 30.2 Å². The zero-order valence-corrected chi connectivity index (χ0v) is 15.8. The fourth-order valence-electron chi connectivity index (χ4n) is 3.41. The molecule has 4 rings (SSSR count). The molecule has 140 valence electrons. The average molecular weight is 384 g/mol. The van der Waals surface area contributed by atoms with Gasteiger partial charge in [0.05, 0.1) is 28.3 Å². The second-order valence-electron chi connectivity index (χ2n) is 6.70. The molecule has 1 amide bonds. The van der Waals surface area contributed by atoms with E-state index in [-0.39, 0.29) is 24.7 Å². The Balaban J connectivity index is 1.27. The summed E-state index contributed by atoms with van der Waals surface area (Å²) in [6.45, 7) is 1.66. The first-order valence-corrected chi connectivity index (χ1v) is 10.0. The van der Waals surface area contributed by atoms with Crippen molar-refractivity contribution in [3.63, 3.8) is 0 Å². The minimum atomic E-state index is -0.401. The van der Waals surface area contributed by atoms with E-state index in [0.717, 1.165) is 31.4 Å². The minimum Gasteiger partial charge on any atom is -0.490 e. The number of hydrogen-bond donors (Lipinski definition) is 0. The number of amides is 1. The van der Waals surface area contributed by atoms with Crippen LogP contribution < -0.4 is 4.74 Å². The van der Waals surface area contributed by atoms with Crippen molar-refractivity contribution in [2.45, 2.75) is 25.2 Å². The lowest BCUT2D eigenvalue weighted by Crippen LogP contribution is -2.38. The fraction of sp³-hybridized carbons (Fsp3) is 0.333. The van der Waals surface area contributed by atoms with Crippen LogP contribution in [0.5, 0.6) is 5.75 Å². The van der Waals surface area contributed by atoms with E-state index >= 15 is 0 Å². The number of benzene rings is 2. The Morgan fingerprint density at radius 1 is 1.15 bits per heavy atom. The zero-order chi connectivity index (χ0) is 18.6. The van der Waals surface area contributed by atoms with Crippen molar-refractivity contribution in [3.05, 3.63) is 59.4 Å². The van der Waals surface area contributed by atoms with E-state index in [4.69, 9.17) is 9.72 Å². The standard InChI is InChI=1S/C21H21FN2O2S/c22-16-5-1-3-7-18(16)26-14-11-20(25)24-12-9-15(10-13-24)21-23-17-6-2-4-8-19(17)27-21/h1-8,15H,9-14H2. The normalized spacial score (nSPS) is 15.2. The Kier molecular flexibility index (Phi) is 5.34. The summed E-state index contributed by atoms with van der Waals surface area (Å²) in [5, 5.41) is 1.17. The van der Waals surface area contributed by atoms with Gasteiger partial charge in [0.15, 0.2) is 11.6 Å². The summed E-state index contributed by atoms with van der Waals surface area (Å²) in [4.78, 5) is 19.0. The van der Waals surface area contributed by atoms with Crippen molar-refractivity contribution in [1.82, 2.24) is 9.88 Å². The molecule has 27 heavy (non-hydrogen) atoms. The molecule has 1 aliphatic heterocycles. The van der Waals surface area contributed by atoms with Gasteiger partial charge in [-0.1, -0.05) is 24.3 Å². The van der Waals surface area contributed by atoms with Gasteiger partial charge in [-0.25, -0.2) is 9.37 Å². The number of nitrogens with zero attached hydrogens (tertiary/aromatic N) is 2. The van der Waals surface area contributed by atoms with Crippen molar-refractivity contribution in [1.29, 1.82) is 0 Å². The summed E-state index contributed by atoms with van der Waals surface area (Å²) >= 11 is 1.76. The second-order valence-corrected chi connectivity index (χ2v) is 7.77. The van der Waals surface area contributed by atoms with Gasteiger partial charge in [0.2, 0.25) is 5.91 Å².